The Kier molecular flexibility index (Phi) is 21.0. The Morgan fingerprint density at radius 1 is 0.260 bits per heavy atom. The van der Waals surface area contributed by atoms with Crippen molar-refractivity contribution in [3.8, 4) is 46.0 Å². The minimum absolute atomic E-state index is 0.277. The second-order valence-corrected chi connectivity index (χ2v) is 19.1. The standard InChI is InChI=1S/2C16H16O4.2C12H14O4.C3H8.C2H6/c2*1-3-13(17-7-15-9-19-15)5-12-6-14(4-2-11(1)12)18-8-16-10-20-16;2*1-2-10(14-6-12-8-16-12)4-3-9(1)13-5-11-7-15-11;1-3-2;1-2/h2*1-6,15-16H,7-10H2;2*1-4,11-12H,5-8H2;3H2,1-2H3;1-2H3. The summed E-state index contributed by atoms with van der Waals surface area (Å²) in [5.41, 5.74) is 0. The van der Waals surface area contributed by atoms with E-state index < -0.39 is 0 Å². The zero-order valence-corrected chi connectivity index (χ0v) is 44.7. The number of epoxide rings is 8. The highest BCUT2D eigenvalue weighted by Gasteiger charge is 2.27. The predicted molar refractivity (Wildman–Crippen MR) is 290 cm³/mol. The van der Waals surface area contributed by atoms with Crippen LogP contribution in [0.3, 0.4) is 0 Å². The monoisotopic (exact) mass is 1060 g/mol. The number of ether oxygens (including phenoxy) is 16. The van der Waals surface area contributed by atoms with E-state index in [-0.39, 0.29) is 24.4 Å². The lowest BCUT2D eigenvalue weighted by molar-refractivity contribution is 0.257. The summed E-state index contributed by atoms with van der Waals surface area (Å²) in [6.45, 7) is 19.8. The molecule has 8 unspecified atom stereocenters. The minimum Gasteiger partial charge on any atom is -0.491 e. The SMILES string of the molecule is CC.CCC.c1cc(OCC2CO2)ccc1OCC1CO1.c1cc(OCC2CO2)ccc1OCC1CO1.c1cc2ccc(OCC3CO3)cc2cc1OCC1CO1.c1cc2ccc(OCC3CO3)cc2cc1OCC1CO1. The summed E-state index contributed by atoms with van der Waals surface area (Å²) in [6.07, 6.45) is 3.53. The number of hydrogen-bond acceptors (Lipinski definition) is 16. The molecule has 8 aliphatic rings. The second-order valence-electron chi connectivity index (χ2n) is 19.1. The van der Waals surface area contributed by atoms with Crippen LogP contribution in [0, 0.1) is 0 Å². The summed E-state index contributed by atoms with van der Waals surface area (Å²) in [4.78, 5) is 0. The van der Waals surface area contributed by atoms with Gasteiger partial charge < -0.3 is 75.8 Å². The lowest BCUT2D eigenvalue weighted by Crippen LogP contribution is -2.05. The van der Waals surface area contributed by atoms with Crippen molar-refractivity contribution in [1.82, 2.24) is 0 Å². The number of fused-ring (bicyclic) bond motifs is 2. The Labute approximate surface area is 451 Å². The molecule has 0 saturated carbocycles. The Morgan fingerprint density at radius 2 is 0.403 bits per heavy atom. The average molecular weight is 1060 g/mol. The van der Waals surface area contributed by atoms with Crippen LogP contribution in [-0.2, 0) is 37.9 Å². The van der Waals surface area contributed by atoms with Gasteiger partial charge in [-0.3, -0.25) is 0 Å². The molecule has 0 radical (unpaired) electrons. The van der Waals surface area contributed by atoms with Gasteiger partial charge in [0.25, 0.3) is 0 Å². The van der Waals surface area contributed by atoms with E-state index in [2.05, 4.69) is 38.1 Å². The van der Waals surface area contributed by atoms with E-state index in [1.165, 1.54) is 17.2 Å². The topological polar surface area (TPSA) is 174 Å². The third kappa shape index (κ3) is 21.7. The Morgan fingerprint density at radius 3 is 0.558 bits per heavy atom. The number of hydrogen-bond donors (Lipinski definition) is 0. The smallest absolute Gasteiger partial charge is 0.120 e. The summed E-state index contributed by atoms with van der Waals surface area (Å²) in [6, 6.07) is 39.6. The molecule has 0 aliphatic carbocycles. The molecule has 0 bridgehead atoms. The van der Waals surface area contributed by atoms with Gasteiger partial charge in [-0.05, 0) is 119 Å². The van der Waals surface area contributed by atoms with Crippen molar-refractivity contribution in [3.05, 3.63) is 121 Å². The highest BCUT2D eigenvalue weighted by atomic mass is 16.6. The molecule has 0 aromatic heterocycles. The van der Waals surface area contributed by atoms with Crippen molar-refractivity contribution in [1.29, 1.82) is 0 Å². The van der Waals surface area contributed by atoms with E-state index >= 15 is 0 Å². The van der Waals surface area contributed by atoms with Crippen LogP contribution >= 0.6 is 0 Å². The maximum Gasteiger partial charge on any atom is 0.120 e. The molecular formula is C61H74O16. The molecule has 77 heavy (non-hydrogen) atoms. The van der Waals surface area contributed by atoms with Crippen molar-refractivity contribution < 1.29 is 75.8 Å². The maximum absolute atomic E-state index is 5.70. The first kappa shape index (κ1) is 55.7. The quantitative estimate of drug-likeness (QED) is 0.0524. The molecule has 8 fully saturated rings. The molecule has 6 aromatic rings. The molecule has 8 saturated heterocycles. The Bertz CT molecular complexity index is 2300. The Hall–Kier alpha value is -6.08. The molecule has 8 atom stereocenters. The van der Waals surface area contributed by atoms with E-state index in [1.807, 2.05) is 111 Å². The van der Waals surface area contributed by atoms with Gasteiger partial charge in [0.15, 0.2) is 0 Å². The predicted octanol–water partition coefficient (Wildman–Crippen LogP) is 9.72. The van der Waals surface area contributed by atoms with Gasteiger partial charge in [0.2, 0.25) is 0 Å². The van der Waals surface area contributed by atoms with Crippen LogP contribution in [0.2, 0.25) is 0 Å². The molecule has 0 N–H and O–H groups in total. The molecule has 414 valence electrons. The molecule has 8 heterocycles. The second kappa shape index (κ2) is 29.1. The van der Waals surface area contributed by atoms with Crippen molar-refractivity contribution in [2.45, 2.75) is 82.9 Å². The van der Waals surface area contributed by atoms with Crippen LogP contribution < -0.4 is 37.9 Å². The zero-order valence-electron chi connectivity index (χ0n) is 44.7. The van der Waals surface area contributed by atoms with Gasteiger partial charge in [0, 0.05) is 0 Å². The van der Waals surface area contributed by atoms with E-state index in [9.17, 15) is 0 Å². The van der Waals surface area contributed by atoms with E-state index in [4.69, 9.17) is 75.8 Å². The largest absolute Gasteiger partial charge is 0.491 e. The normalized spacial score (nSPS) is 23.5. The van der Waals surface area contributed by atoms with Crippen LogP contribution in [-0.4, -0.2) is 155 Å². The van der Waals surface area contributed by atoms with Crippen molar-refractivity contribution in [2.24, 2.45) is 0 Å². The zero-order chi connectivity index (χ0) is 53.0. The van der Waals surface area contributed by atoms with Crippen LogP contribution in [0.1, 0.15) is 34.1 Å². The lowest BCUT2D eigenvalue weighted by atomic mass is 10.1. The van der Waals surface area contributed by atoms with Gasteiger partial charge >= 0.3 is 0 Å². The van der Waals surface area contributed by atoms with Gasteiger partial charge in [-0.15, -0.1) is 0 Å². The molecule has 16 nitrogen and oxygen atoms in total. The first-order valence-corrected chi connectivity index (χ1v) is 27.2. The number of benzene rings is 6. The molecule has 6 aromatic carbocycles. The third-order valence-corrected chi connectivity index (χ3v) is 11.9. The molecule has 0 spiro atoms. The van der Waals surface area contributed by atoms with Crippen molar-refractivity contribution in [2.75, 3.05) is 106 Å². The van der Waals surface area contributed by atoms with Gasteiger partial charge in [0.1, 0.15) is 148 Å². The van der Waals surface area contributed by atoms with Crippen LogP contribution in [0.25, 0.3) is 21.5 Å². The van der Waals surface area contributed by atoms with Crippen LogP contribution in [0.5, 0.6) is 46.0 Å². The molecule has 14 rings (SSSR count). The van der Waals surface area contributed by atoms with Crippen LogP contribution in [0.4, 0.5) is 0 Å². The van der Waals surface area contributed by atoms with Crippen molar-refractivity contribution in [3.63, 3.8) is 0 Å². The molecule has 0 amide bonds. The van der Waals surface area contributed by atoms with E-state index in [0.29, 0.717) is 77.3 Å². The van der Waals surface area contributed by atoms with Crippen molar-refractivity contribution >= 4 is 21.5 Å². The summed E-state index contributed by atoms with van der Waals surface area (Å²) in [5, 5.41) is 4.59. The third-order valence-electron chi connectivity index (χ3n) is 11.9. The number of rotatable bonds is 24. The summed E-state index contributed by atoms with van der Waals surface area (Å²) < 4.78 is 85.7. The first-order valence-electron chi connectivity index (χ1n) is 27.2. The minimum atomic E-state index is 0.277. The average Bonchev–Trinajstić information content (AvgIpc) is 4.30. The van der Waals surface area contributed by atoms with E-state index in [1.54, 1.807) is 0 Å². The fraction of sp³-hybridized carbons (Fsp3) is 0.475. The Balaban J connectivity index is 0.000000122. The highest BCUT2D eigenvalue weighted by Crippen LogP contribution is 2.29. The summed E-state index contributed by atoms with van der Waals surface area (Å²) in [5.74, 6) is 6.89. The van der Waals surface area contributed by atoms with Gasteiger partial charge in [-0.1, -0.05) is 58.4 Å². The first-order chi connectivity index (χ1) is 37.9. The molecule has 8 aliphatic heterocycles. The summed E-state index contributed by atoms with van der Waals surface area (Å²) >= 11 is 0. The van der Waals surface area contributed by atoms with Crippen LogP contribution in [0.15, 0.2) is 121 Å². The maximum atomic E-state index is 5.70. The van der Waals surface area contributed by atoms with E-state index in [0.717, 1.165) is 110 Å². The lowest BCUT2D eigenvalue weighted by Gasteiger charge is -2.08. The fourth-order valence-electron chi connectivity index (χ4n) is 6.86. The fourth-order valence-corrected chi connectivity index (χ4v) is 6.86. The van der Waals surface area contributed by atoms with Gasteiger partial charge in [-0.25, -0.2) is 0 Å². The van der Waals surface area contributed by atoms with Gasteiger partial charge in [0.05, 0.1) is 52.9 Å². The molecule has 16 heteroatoms. The molecular weight excluding hydrogens is 989 g/mol. The highest BCUT2D eigenvalue weighted by molar-refractivity contribution is 5.86. The van der Waals surface area contributed by atoms with Gasteiger partial charge in [-0.2, -0.15) is 0 Å². The summed E-state index contributed by atoms with van der Waals surface area (Å²) in [7, 11) is 0.